The first-order chi connectivity index (χ1) is 14.3. The molecular weight excluding hydrogens is 393 g/mol. The lowest BCUT2D eigenvalue weighted by Gasteiger charge is -2.20. The summed E-state index contributed by atoms with van der Waals surface area (Å²) in [6.45, 7) is 2.11. The lowest BCUT2D eigenvalue weighted by atomic mass is 9.98. The molecular formula is C21H19F3N6. The summed E-state index contributed by atoms with van der Waals surface area (Å²) >= 11 is 0. The number of alkyl halides is 3. The van der Waals surface area contributed by atoms with Gasteiger partial charge in [0.1, 0.15) is 5.82 Å². The second-order valence-corrected chi connectivity index (χ2v) is 8.43. The van der Waals surface area contributed by atoms with Gasteiger partial charge in [-0.25, -0.2) is 9.97 Å². The zero-order chi connectivity index (χ0) is 20.8. The summed E-state index contributed by atoms with van der Waals surface area (Å²) in [5, 5.41) is 4.70. The molecule has 0 radical (unpaired) electrons. The first kappa shape index (κ1) is 17.7. The van der Waals surface area contributed by atoms with Crippen LogP contribution in [0.1, 0.15) is 49.0 Å². The number of nitrogen functional groups attached to an aromatic ring is 1. The van der Waals surface area contributed by atoms with Crippen LogP contribution in [0.15, 0.2) is 48.2 Å². The van der Waals surface area contributed by atoms with Gasteiger partial charge in [-0.05, 0) is 43.4 Å². The standard InChI is InChI=1S/C21H19F3N6/c1-10-4-12-16(29-3-2-26-9-29)6-13-18(12)19(13)17-7-15(28-30(10)17)11-5-14(21(22,23)24)20(25)27-8-11/h2-3,5,7-10,13,16,19H,4,6H2,1H3,(H2,25,27). The molecule has 1 aliphatic heterocycles. The number of allylic oxidation sites excluding steroid dienone is 2. The van der Waals surface area contributed by atoms with E-state index >= 15 is 0 Å². The largest absolute Gasteiger partial charge is 0.419 e. The van der Waals surface area contributed by atoms with Crippen LogP contribution in [0.3, 0.4) is 0 Å². The number of halogens is 3. The summed E-state index contributed by atoms with van der Waals surface area (Å²) < 4.78 is 43.9. The summed E-state index contributed by atoms with van der Waals surface area (Å²) in [6, 6.07) is 3.45. The van der Waals surface area contributed by atoms with Crippen molar-refractivity contribution in [3.63, 3.8) is 0 Å². The van der Waals surface area contributed by atoms with Crippen LogP contribution >= 0.6 is 0 Å². The van der Waals surface area contributed by atoms with E-state index in [4.69, 9.17) is 10.8 Å². The van der Waals surface area contributed by atoms with Gasteiger partial charge in [-0.3, -0.25) is 4.68 Å². The lowest BCUT2D eigenvalue weighted by molar-refractivity contribution is -0.137. The van der Waals surface area contributed by atoms with Crippen molar-refractivity contribution in [2.24, 2.45) is 5.92 Å². The van der Waals surface area contributed by atoms with Crippen molar-refractivity contribution in [1.29, 1.82) is 0 Å². The molecule has 1 fully saturated rings. The lowest BCUT2D eigenvalue weighted by Crippen LogP contribution is -2.12. The average Bonchev–Trinajstić information content (AvgIpc) is 3.12. The predicted octanol–water partition coefficient (Wildman–Crippen LogP) is 4.36. The molecule has 154 valence electrons. The van der Waals surface area contributed by atoms with Crippen molar-refractivity contribution >= 4 is 5.82 Å². The van der Waals surface area contributed by atoms with Gasteiger partial charge in [0, 0.05) is 35.8 Å². The van der Waals surface area contributed by atoms with Crippen molar-refractivity contribution in [3.05, 3.63) is 59.5 Å². The van der Waals surface area contributed by atoms with Crippen LogP contribution in [0.4, 0.5) is 19.0 Å². The fourth-order valence-electron chi connectivity index (χ4n) is 5.35. The molecule has 4 heterocycles. The summed E-state index contributed by atoms with van der Waals surface area (Å²) in [6.07, 6.45) is 4.43. The normalized spacial score (nSPS) is 27.1. The van der Waals surface area contributed by atoms with Crippen LogP contribution in [0.5, 0.6) is 0 Å². The Morgan fingerprint density at radius 2 is 2.07 bits per heavy atom. The van der Waals surface area contributed by atoms with E-state index in [-0.39, 0.29) is 6.04 Å². The van der Waals surface area contributed by atoms with Crippen molar-refractivity contribution < 1.29 is 13.2 Å². The molecule has 6 nitrogen and oxygen atoms in total. The van der Waals surface area contributed by atoms with E-state index in [1.807, 2.05) is 23.3 Å². The molecule has 2 N–H and O–H groups in total. The molecule has 0 spiro atoms. The minimum absolute atomic E-state index is 0.123. The number of rotatable bonds is 2. The highest BCUT2D eigenvalue weighted by Crippen LogP contribution is 2.67. The molecule has 0 aromatic carbocycles. The smallest absolute Gasteiger partial charge is 0.383 e. The molecule has 3 aliphatic rings. The third kappa shape index (κ3) is 2.41. The number of imidazole rings is 1. The second kappa shape index (κ2) is 5.74. The molecule has 1 saturated carbocycles. The molecule has 3 aromatic rings. The maximum atomic E-state index is 13.3. The molecule has 0 bridgehead atoms. The van der Waals surface area contributed by atoms with E-state index in [0.29, 0.717) is 29.1 Å². The minimum Gasteiger partial charge on any atom is -0.383 e. The van der Waals surface area contributed by atoms with Crippen LogP contribution in [0.2, 0.25) is 0 Å². The van der Waals surface area contributed by atoms with Crippen molar-refractivity contribution in [1.82, 2.24) is 24.3 Å². The van der Waals surface area contributed by atoms with E-state index in [2.05, 4.69) is 21.5 Å². The maximum absolute atomic E-state index is 13.3. The van der Waals surface area contributed by atoms with Gasteiger partial charge >= 0.3 is 6.18 Å². The van der Waals surface area contributed by atoms with Crippen LogP contribution in [-0.2, 0) is 6.18 Å². The minimum atomic E-state index is -4.55. The first-order valence-corrected chi connectivity index (χ1v) is 9.95. The van der Waals surface area contributed by atoms with E-state index in [1.54, 1.807) is 6.20 Å². The fourth-order valence-corrected chi connectivity index (χ4v) is 5.35. The van der Waals surface area contributed by atoms with Gasteiger partial charge in [-0.2, -0.15) is 18.3 Å². The Balaban J connectivity index is 1.39. The van der Waals surface area contributed by atoms with Gasteiger partial charge in [-0.1, -0.05) is 5.57 Å². The molecule has 9 heteroatoms. The Labute approximate surface area is 170 Å². The van der Waals surface area contributed by atoms with Crippen molar-refractivity contribution in [2.45, 2.75) is 43.9 Å². The van der Waals surface area contributed by atoms with Crippen molar-refractivity contribution in [3.8, 4) is 11.3 Å². The van der Waals surface area contributed by atoms with E-state index < -0.39 is 17.6 Å². The number of nitrogens with two attached hydrogens (primary N) is 1. The van der Waals surface area contributed by atoms with Crippen LogP contribution < -0.4 is 5.73 Å². The van der Waals surface area contributed by atoms with Gasteiger partial charge in [-0.15, -0.1) is 0 Å². The summed E-state index contributed by atoms with van der Waals surface area (Å²) in [4.78, 5) is 7.95. The molecule has 4 unspecified atom stereocenters. The Kier molecular flexibility index (Phi) is 3.39. The van der Waals surface area contributed by atoms with E-state index in [9.17, 15) is 13.2 Å². The van der Waals surface area contributed by atoms with Gasteiger partial charge in [0.05, 0.1) is 29.7 Å². The van der Waals surface area contributed by atoms with Gasteiger partial charge in [0.25, 0.3) is 0 Å². The van der Waals surface area contributed by atoms with Gasteiger partial charge in [0.2, 0.25) is 0 Å². The van der Waals surface area contributed by atoms with Crippen LogP contribution in [0.25, 0.3) is 11.3 Å². The number of fused-ring (bicyclic) bond motifs is 3. The van der Waals surface area contributed by atoms with E-state index in [0.717, 1.165) is 24.6 Å². The summed E-state index contributed by atoms with van der Waals surface area (Å²) in [5.74, 6) is 0.283. The highest BCUT2D eigenvalue weighted by atomic mass is 19.4. The number of pyridine rings is 1. The van der Waals surface area contributed by atoms with E-state index in [1.165, 1.54) is 17.3 Å². The Hall–Kier alpha value is -3.10. The predicted molar refractivity (Wildman–Crippen MR) is 103 cm³/mol. The Bertz CT molecular complexity index is 1190. The topological polar surface area (TPSA) is 74.6 Å². The SMILES string of the molecule is CC1CC2=C3C(CC2n2ccnc2)C3c2cc(-c3cnc(N)c(C(F)(F)F)c3)nn21. The highest BCUT2D eigenvalue weighted by Gasteiger charge is 2.57. The number of anilines is 1. The Morgan fingerprint density at radius 1 is 1.23 bits per heavy atom. The molecule has 6 rings (SSSR count). The third-order valence-corrected chi connectivity index (χ3v) is 6.70. The summed E-state index contributed by atoms with van der Waals surface area (Å²) in [5.41, 5.74) is 9.40. The number of hydrogen-bond acceptors (Lipinski definition) is 4. The number of nitrogens with zero attached hydrogens (tertiary/aromatic N) is 5. The molecule has 2 aliphatic carbocycles. The average molecular weight is 412 g/mol. The van der Waals surface area contributed by atoms with Gasteiger partial charge in [0.15, 0.2) is 0 Å². The second-order valence-electron chi connectivity index (χ2n) is 8.43. The maximum Gasteiger partial charge on any atom is 0.419 e. The molecule has 4 atom stereocenters. The number of hydrogen-bond donors (Lipinski definition) is 1. The third-order valence-electron chi connectivity index (χ3n) is 6.70. The molecule has 30 heavy (non-hydrogen) atoms. The summed E-state index contributed by atoms with van der Waals surface area (Å²) in [7, 11) is 0. The number of aromatic nitrogens is 5. The van der Waals surface area contributed by atoms with Gasteiger partial charge < -0.3 is 10.3 Å². The zero-order valence-corrected chi connectivity index (χ0v) is 16.1. The highest BCUT2D eigenvalue weighted by molar-refractivity contribution is 5.64. The van der Waals surface area contributed by atoms with Crippen LogP contribution in [-0.4, -0.2) is 24.3 Å². The quantitative estimate of drug-likeness (QED) is 0.635. The van der Waals surface area contributed by atoms with Crippen molar-refractivity contribution in [2.75, 3.05) is 5.73 Å². The molecule has 3 aromatic heterocycles. The fraction of sp³-hybridized carbons (Fsp3) is 0.381. The zero-order valence-electron chi connectivity index (χ0n) is 16.1. The molecule has 0 saturated heterocycles. The molecule has 0 amide bonds. The monoisotopic (exact) mass is 412 g/mol. The van der Waals surface area contributed by atoms with Crippen LogP contribution in [0, 0.1) is 5.92 Å². The Morgan fingerprint density at radius 3 is 2.80 bits per heavy atom. The first-order valence-electron chi connectivity index (χ1n) is 9.95.